The van der Waals surface area contributed by atoms with Crippen molar-refractivity contribution in [2.45, 2.75) is 19.6 Å². The highest BCUT2D eigenvalue weighted by molar-refractivity contribution is 6.09. The zero-order valence-corrected chi connectivity index (χ0v) is 20.3. The lowest BCUT2D eigenvalue weighted by Gasteiger charge is -2.19. The number of amides is 2. The van der Waals surface area contributed by atoms with E-state index in [-0.39, 0.29) is 43.7 Å². The molecule has 0 aromatic heterocycles. The van der Waals surface area contributed by atoms with Gasteiger partial charge in [0.05, 0.1) is 36.4 Å². The number of phenolic OH excluding ortho intramolecular Hbond substituents is 1. The number of carbonyl (C=O) groups excluding carboxylic acids is 2. The molecule has 3 aromatic carbocycles. The number of ether oxygens (including phenoxy) is 1. The van der Waals surface area contributed by atoms with Gasteiger partial charge in [0, 0.05) is 19.2 Å². The maximum absolute atomic E-state index is 13.1. The molecule has 0 saturated heterocycles. The second-order valence-electron chi connectivity index (χ2n) is 8.63. The van der Waals surface area contributed by atoms with Gasteiger partial charge in [0.2, 0.25) is 5.91 Å². The number of aromatic hydroxyl groups is 1. The Morgan fingerprint density at radius 1 is 0.973 bits per heavy atom. The van der Waals surface area contributed by atoms with Crippen LogP contribution in [-0.2, 0) is 27.5 Å². The molecule has 8 nitrogen and oxygen atoms in total. The number of hydrogen-bond acceptors (Lipinski definition) is 5. The Hall–Kier alpha value is -4.61. The van der Waals surface area contributed by atoms with E-state index in [1.807, 2.05) is 30.3 Å². The van der Waals surface area contributed by atoms with Crippen LogP contribution in [-0.4, -0.2) is 53.0 Å². The second kappa shape index (κ2) is 11.4. The Bertz CT molecular complexity index is 1390. The van der Waals surface area contributed by atoms with Crippen molar-refractivity contribution in [3.8, 4) is 17.6 Å². The minimum absolute atomic E-state index is 0.0409. The third-order valence-electron chi connectivity index (χ3n) is 5.97. The lowest BCUT2D eigenvalue weighted by atomic mass is 10.1. The molecule has 0 bridgehead atoms. The summed E-state index contributed by atoms with van der Waals surface area (Å²) in [6.07, 6.45) is -0.236. The molecular weight excluding hydrogens is 472 g/mol. The molecule has 1 aliphatic heterocycles. The minimum atomic E-state index is -1.03. The van der Waals surface area contributed by atoms with Gasteiger partial charge < -0.3 is 24.7 Å². The first-order chi connectivity index (χ1) is 17.8. The molecule has 1 heterocycles. The highest BCUT2D eigenvalue weighted by Gasteiger charge is 2.30. The second-order valence-corrected chi connectivity index (χ2v) is 8.63. The Kier molecular flexibility index (Phi) is 7.86. The fraction of sp³-hybridized carbons (Fsp3) is 0.207. The van der Waals surface area contributed by atoms with Gasteiger partial charge in [0.25, 0.3) is 5.91 Å². The van der Waals surface area contributed by atoms with Gasteiger partial charge >= 0.3 is 5.97 Å². The van der Waals surface area contributed by atoms with Crippen LogP contribution in [0.2, 0.25) is 0 Å². The molecule has 3 aromatic rings. The van der Waals surface area contributed by atoms with Crippen LogP contribution in [0.4, 0.5) is 5.69 Å². The topological polar surface area (TPSA) is 107 Å². The first-order valence-corrected chi connectivity index (χ1v) is 11.7. The number of phenols is 1. The van der Waals surface area contributed by atoms with Crippen molar-refractivity contribution in [2.75, 3.05) is 25.0 Å². The molecule has 0 saturated carbocycles. The van der Waals surface area contributed by atoms with Crippen LogP contribution in [0.5, 0.6) is 5.75 Å². The molecule has 2 N–H and O–H groups in total. The van der Waals surface area contributed by atoms with Gasteiger partial charge in [0.1, 0.15) is 12.3 Å². The summed E-state index contributed by atoms with van der Waals surface area (Å²) in [6, 6.07) is 19.7. The van der Waals surface area contributed by atoms with E-state index in [9.17, 15) is 19.5 Å². The maximum atomic E-state index is 13.1. The molecule has 188 valence electrons. The number of anilines is 1. The Balaban J connectivity index is 1.40. The highest BCUT2D eigenvalue weighted by atomic mass is 16.5. The van der Waals surface area contributed by atoms with Crippen LogP contribution in [0.3, 0.4) is 0 Å². The number of benzene rings is 3. The van der Waals surface area contributed by atoms with E-state index in [1.54, 1.807) is 43.4 Å². The smallest absolute Gasteiger partial charge is 0.305 e. The van der Waals surface area contributed by atoms with Crippen LogP contribution in [0.15, 0.2) is 66.7 Å². The first kappa shape index (κ1) is 25.5. The Morgan fingerprint density at radius 2 is 1.68 bits per heavy atom. The Labute approximate surface area is 214 Å². The summed E-state index contributed by atoms with van der Waals surface area (Å²) in [5.41, 5.74) is 3.91. The number of carboxylic acids is 1. The molecule has 37 heavy (non-hydrogen) atoms. The van der Waals surface area contributed by atoms with Crippen molar-refractivity contribution >= 4 is 23.5 Å². The van der Waals surface area contributed by atoms with Gasteiger partial charge in [-0.05, 0) is 47.5 Å². The van der Waals surface area contributed by atoms with E-state index in [0.717, 1.165) is 16.7 Å². The zero-order valence-electron chi connectivity index (χ0n) is 20.3. The molecular formula is C29H26N2O6. The quantitative estimate of drug-likeness (QED) is 0.484. The predicted molar refractivity (Wildman–Crippen MR) is 137 cm³/mol. The van der Waals surface area contributed by atoms with Gasteiger partial charge in [-0.15, -0.1) is 0 Å². The fourth-order valence-corrected chi connectivity index (χ4v) is 3.88. The number of carboxylic acid groups (broad SMARTS) is 1. The van der Waals surface area contributed by atoms with Gasteiger partial charge in [0.15, 0.2) is 0 Å². The van der Waals surface area contributed by atoms with E-state index in [4.69, 9.17) is 9.84 Å². The largest absolute Gasteiger partial charge is 0.507 e. The average Bonchev–Trinajstić information content (AvgIpc) is 2.98. The van der Waals surface area contributed by atoms with Crippen LogP contribution in [0, 0.1) is 11.8 Å². The number of fused-ring (bicyclic) bond motifs is 1. The number of rotatable bonds is 7. The fourth-order valence-electron chi connectivity index (χ4n) is 3.88. The van der Waals surface area contributed by atoms with Gasteiger partial charge in [-0.25, -0.2) is 0 Å². The summed E-state index contributed by atoms with van der Waals surface area (Å²) < 4.78 is 5.85. The molecule has 0 spiro atoms. The number of nitrogens with zero attached hydrogens (tertiary/aromatic N) is 2. The lowest BCUT2D eigenvalue weighted by Crippen LogP contribution is -2.38. The minimum Gasteiger partial charge on any atom is -0.507 e. The summed E-state index contributed by atoms with van der Waals surface area (Å²) in [4.78, 5) is 39.2. The van der Waals surface area contributed by atoms with E-state index in [1.165, 1.54) is 9.80 Å². The summed E-state index contributed by atoms with van der Waals surface area (Å²) in [7, 11) is 1.60. The van der Waals surface area contributed by atoms with E-state index in [0.29, 0.717) is 23.4 Å². The first-order valence-electron chi connectivity index (χ1n) is 11.7. The van der Waals surface area contributed by atoms with Crippen LogP contribution in [0.25, 0.3) is 0 Å². The SMILES string of the molecule is CN1C(=O)CN(CCC(=O)O)C(=O)c2cc(COCc3ccc(C#Cc4ccccc4O)cc3)ccc21. The highest BCUT2D eigenvalue weighted by Crippen LogP contribution is 2.26. The predicted octanol–water partition coefficient (Wildman–Crippen LogP) is 3.40. The molecule has 1 aliphatic rings. The van der Waals surface area contributed by atoms with E-state index in [2.05, 4.69) is 11.8 Å². The van der Waals surface area contributed by atoms with E-state index < -0.39 is 5.97 Å². The standard InChI is InChI=1S/C29H26N2O6/c1-30-25-13-11-22(16-24(25)29(36)31(17-27(30)33)15-14-28(34)35)19-37-18-21-8-6-20(7-9-21)10-12-23-4-2-3-5-26(23)32/h2-9,11,13,16,32H,14-15,17-19H2,1H3,(H,34,35). The number of para-hydroxylation sites is 1. The van der Waals surface area contributed by atoms with E-state index >= 15 is 0 Å². The summed E-state index contributed by atoms with van der Waals surface area (Å²) in [6.45, 7) is 0.389. The maximum Gasteiger partial charge on any atom is 0.305 e. The Morgan fingerprint density at radius 3 is 2.41 bits per heavy atom. The number of hydrogen-bond donors (Lipinski definition) is 2. The third-order valence-corrected chi connectivity index (χ3v) is 5.97. The lowest BCUT2D eigenvalue weighted by molar-refractivity contribution is -0.137. The number of likely N-dealkylation sites (N-methyl/N-ethyl adjacent to an activating group) is 1. The van der Waals surface area contributed by atoms with Crippen molar-refractivity contribution in [1.82, 2.24) is 4.90 Å². The van der Waals surface area contributed by atoms with Crippen molar-refractivity contribution in [3.63, 3.8) is 0 Å². The summed E-state index contributed by atoms with van der Waals surface area (Å²) in [5.74, 6) is 4.43. The van der Waals surface area contributed by atoms with Crippen LogP contribution >= 0.6 is 0 Å². The van der Waals surface area contributed by atoms with Crippen molar-refractivity contribution in [3.05, 3.63) is 94.5 Å². The molecule has 2 amide bonds. The molecule has 8 heteroatoms. The van der Waals surface area contributed by atoms with Gasteiger partial charge in [-0.2, -0.15) is 0 Å². The van der Waals surface area contributed by atoms with Crippen molar-refractivity contribution < 1.29 is 29.3 Å². The molecule has 0 fully saturated rings. The molecule has 4 rings (SSSR count). The molecule has 0 radical (unpaired) electrons. The zero-order chi connectivity index (χ0) is 26.4. The molecule has 0 atom stereocenters. The van der Waals surface area contributed by atoms with Crippen molar-refractivity contribution in [2.24, 2.45) is 0 Å². The molecule has 0 aliphatic carbocycles. The van der Waals surface area contributed by atoms with Gasteiger partial charge in [-0.1, -0.05) is 42.2 Å². The third kappa shape index (κ3) is 6.34. The summed E-state index contributed by atoms with van der Waals surface area (Å²) >= 11 is 0. The van der Waals surface area contributed by atoms with Crippen LogP contribution < -0.4 is 4.90 Å². The number of aliphatic carboxylic acids is 1. The van der Waals surface area contributed by atoms with Crippen LogP contribution in [0.1, 0.15) is 39.0 Å². The summed E-state index contributed by atoms with van der Waals surface area (Å²) in [5, 5.41) is 18.8. The molecule has 0 unspecified atom stereocenters. The average molecular weight is 499 g/mol. The number of carbonyl (C=O) groups is 3. The normalized spacial score (nSPS) is 13.0. The van der Waals surface area contributed by atoms with Crippen molar-refractivity contribution in [1.29, 1.82) is 0 Å². The van der Waals surface area contributed by atoms with Gasteiger partial charge in [-0.3, -0.25) is 14.4 Å². The monoisotopic (exact) mass is 498 g/mol.